The van der Waals surface area contributed by atoms with Crippen LogP contribution in [0.1, 0.15) is 5.69 Å². The topological polar surface area (TPSA) is 88.8 Å². The average molecular weight is 161 g/mol. The maximum atomic E-state index is 10.4. The molecule has 1 aromatic heterocycles. The maximum absolute atomic E-state index is 10.4. The molecule has 1 rings (SSSR count). The Morgan fingerprint density at radius 1 is 1.70 bits per heavy atom. The fourth-order valence-corrected chi connectivity index (χ4v) is 1.17. The molecule has 0 saturated heterocycles. The van der Waals surface area contributed by atoms with E-state index in [2.05, 4.69) is 9.97 Å². The van der Waals surface area contributed by atoms with E-state index >= 15 is 0 Å². The lowest BCUT2D eigenvalue weighted by Crippen LogP contribution is -2.14. The second-order valence-corrected chi connectivity index (χ2v) is 3.50. The lowest BCUT2D eigenvalue weighted by Gasteiger charge is -1.91. The summed E-state index contributed by atoms with van der Waals surface area (Å²) in [5, 5.41) is 4.75. The van der Waals surface area contributed by atoms with E-state index in [0.717, 1.165) is 0 Å². The molecule has 56 valence electrons. The van der Waals surface area contributed by atoms with Gasteiger partial charge < -0.3 is 4.98 Å². The molecule has 0 radical (unpaired) electrons. The van der Waals surface area contributed by atoms with Gasteiger partial charge in [0, 0.05) is 6.20 Å². The Balaban J connectivity index is 2.75. The predicted molar refractivity (Wildman–Crippen MR) is 35.4 cm³/mol. The third-order valence-corrected chi connectivity index (χ3v) is 1.62. The van der Waals surface area contributed by atoms with Gasteiger partial charge >= 0.3 is 0 Å². The minimum Gasteiger partial charge on any atom is -0.348 e. The lowest BCUT2D eigenvalue weighted by molar-refractivity contribution is 0.596. The first-order valence-electron chi connectivity index (χ1n) is 2.56. The largest absolute Gasteiger partial charge is 0.348 e. The van der Waals surface area contributed by atoms with Crippen LogP contribution in [0.2, 0.25) is 0 Å². The number of rotatable bonds is 2. The fourth-order valence-electron chi connectivity index (χ4n) is 0.580. The van der Waals surface area contributed by atoms with Crippen LogP contribution in [0.15, 0.2) is 12.5 Å². The smallest absolute Gasteiger partial charge is 0.214 e. The Morgan fingerprint density at radius 2 is 2.40 bits per heavy atom. The molecule has 0 spiro atoms. The highest BCUT2D eigenvalue weighted by molar-refractivity contribution is 7.88. The molecule has 0 aliphatic rings. The van der Waals surface area contributed by atoms with Crippen LogP contribution in [0.25, 0.3) is 0 Å². The van der Waals surface area contributed by atoms with Gasteiger partial charge in [0.2, 0.25) is 10.0 Å². The number of imidazole rings is 1. The molecule has 5 nitrogen and oxygen atoms in total. The number of sulfonamides is 1. The SMILES string of the molecule is NS(=O)(=O)Cc1cnc[nH]1. The molecule has 0 bridgehead atoms. The van der Waals surface area contributed by atoms with E-state index in [-0.39, 0.29) is 5.75 Å². The number of hydrogen-bond donors (Lipinski definition) is 2. The van der Waals surface area contributed by atoms with Crippen molar-refractivity contribution in [3.8, 4) is 0 Å². The van der Waals surface area contributed by atoms with E-state index in [1.54, 1.807) is 0 Å². The molecule has 1 heterocycles. The standard InChI is InChI=1S/C4H7N3O2S/c5-10(8,9)2-4-1-6-3-7-4/h1,3H,2H2,(H,6,7)(H2,5,8,9). The molecular formula is C4H7N3O2S. The third kappa shape index (κ3) is 2.16. The molecule has 10 heavy (non-hydrogen) atoms. The van der Waals surface area contributed by atoms with E-state index in [0.29, 0.717) is 5.69 Å². The zero-order chi connectivity index (χ0) is 7.61. The minimum absolute atomic E-state index is 0.188. The monoisotopic (exact) mass is 161 g/mol. The van der Waals surface area contributed by atoms with Crippen LogP contribution in [0.5, 0.6) is 0 Å². The summed E-state index contributed by atoms with van der Waals surface area (Å²) in [6, 6.07) is 0. The normalized spacial score (nSPS) is 11.7. The van der Waals surface area contributed by atoms with Gasteiger partial charge in [0.1, 0.15) is 5.75 Å². The van der Waals surface area contributed by atoms with E-state index in [1.807, 2.05) is 0 Å². The van der Waals surface area contributed by atoms with Crippen LogP contribution >= 0.6 is 0 Å². The Kier molecular flexibility index (Phi) is 1.73. The van der Waals surface area contributed by atoms with Gasteiger partial charge in [-0.25, -0.2) is 18.5 Å². The summed E-state index contributed by atoms with van der Waals surface area (Å²) in [6.07, 6.45) is 2.82. The van der Waals surface area contributed by atoms with Crippen molar-refractivity contribution in [2.24, 2.45) is 5.14 Å². The highest BCUT2D eigenvalue weighted by Gasteiger charge is 2.04. The van der Waals surface area contributed by atoms with Gasteiger partial charge in [-0.1, -0.05) is 0 Å². The molecule has 0 fully saturated rings. The molecule has 0 aliphatic carbocycles. The number of primary sulfonamides is 1. The summed E-state index contributed by atoms with van der Waals surface area (Å²) in [5.74, 6) is -0.188. The highest BCUT2D eigenvalue weighted by atomic mass is 32.2. The Labute approximate surface area is 58.3 Å². The van der Waals surface area contributed by atoms with Gasteiger partial charge in [-0.2, -0.15) is 0 Å². The number of nitrogens with two attached hydrogens (primary N) is 1. The number of nitrogens with zero attached hydrogens (tertiary/aromatic N) is 1. The summed E-state index contributed by atoms with van der Waals surface area (Å²) >= 11 is 0. The van der Waals surface area contributed by atoms with Crippen molar-refractivity contribution in [1.82, 2.24) is 9.97 Å². The minimum atomic E-state index is -3.42. The van der Waals surface area contributed by atoms with Crippen molar-refractivity contribution in [1.29, 1.82) is 0 Å². The number of aromatic amines is 1. The number of aromatic nitrogens is 2. The molecule has 6 heteroatoms. The Hall–Kier alpha value is -0.880. The van der Waals surface area contributed by atoms with Crippen molar-refractivity contribution in [3.05, 3.63) is 18.2 Å². The quantitative estimate of drug-likeness (QED) is 0.595. The highest BCUT2D eigenvalue weighted by Crippen LogP contribution is 1.95. The molecule has 3 N–H and O–H groups in total. The van der Waals surface area contributed by atoms with Gasteiger partial charge in [-0.05, 0) is 0 Å². The van der Waals surface area contributed by atoms with Gasteiger partial charge in [0.25, 0.3) is 0 Å². The van der Waals surface area contributed by atoms with Crippen LogP contribution < -0.4 is 5.14 Å². The van der Waals surface area contributed by atoms with Gasteiger partial charge in [-0.3, -0.25) is 0 Å². The molecule has 0 aromatic carbocycles. The Morgan fingerprint density at radius 3 is 2.80 bits per heavy atom. The third-order valence-electron chi connectivity index (χ3n) is 0.912. The summed E-state index contributed by atoms with van der Waals surface area (Å²) in [4.78, 5) is 6.25. The second-order valence-electron chi connectivity index (χ2n) is 1.88. The number of nitrogens with one attached hydrogen (secondary N) is 1. The molecule has 1 aromatic rings. The Bertz CT molecular complexity index is 288. The maximum Gasteiger partial charge on any atom is 0.214 e. The van der Waals surface area contributed by atoms with Crippen LogP contribution in [-0.4, -0.2) is 18.4 Å². The molecule has 0 unspecified atom stereocenters. The summed E-state index contributed by atoms with van der Waals surface area (Å²) < 4.78 is 20.9. The zero-order valence-electron chi connectivity index (χ0n) is 5.11. The van der Waals surface area contributed by atoms with Crippen LogP contribution in [0, 0.1) is 0 Å². The van der Waals surface area contributed by atoms with Crippen LogP contribution in [0.4, 0.5) is 0 Å². The van der Waals surface area contributed by atoms with E-state index in [4.69, 9.17) is 5.14 Å². The molecule has 0 amide bonds. The molecular weight excluding hydrogens is 154 g/mol. The van der Waals surface area contributed by atoms with Crippen LogP contribution in [-0.2, 0) is 15.8 Å². The van der Waals surface area contributed by atoms with Crippen molar-refractivity contribution in [2.45, 2.75) is 5.75 Å². The molecule has 0 atom stereocenters. The first-order chi connectivity index (χ1) is 4.58. The predicted octanol–water partition coefficient (Wildman–Crippen LogP) is -0.802. The first-order valence-corrected chi connectivity index (χ1v) is 4.27. The molecule has 0 saturated carbocycles. The second kappa shape index (κ2) is 2.39. The summed E-state index contributed by atoms with van der Waals surface area (Å²) in [5.41, 5.74) is 0.502. The summed E-state index contributed by atoms with van der Waals surface area (Å²) in [7, 11) is -3.42. The van der Waals surface area contributed by atoms with Gasteiger partial charge in [0.15, 0.2) is 0 Å². The summed E-state index contributed by atoms with van der Waals surface area (Å²) in [6.45, 7) is 0. The van der Waals surface area contributed by atoms with Gasteiger partial charge in [-0.15, -0.1) is 0 Å². The lowest BCUT2D eigenvalue weighted by atomic mass is 10.6. The number of H-pyrrole nitrogens is 1. The molecule has 0 aliphatic heterocycles. The van der Waals surface area contributed by atoms with Crippen molar-refractivity contribution in [2.75, 3.05) is 0 Å². The van der Waals surface area contributed by atoms with E-state index in [9.17, 15) is 8.42 Å². The van der Waals surface area contributed by atoms with Crippen molar-refractivity contribution < 1.29 is 8.42 Å². The number of hydrogen-bond acceptors (Lipinski definition) is 3. The van der Waals surface area contributed by atoms with Crippen LogP contribution in [0.3, 0.4) is 0 Å². The average Bonchev–Trinajstić information content (AvgIpc) is 2.12. The fraction of sp³-hybridized carbons (Fsp3) is 0.250. The van der Waals surface area contributed by atoms with E-state index < -0.39 is 10.0 Å². The zero-order valence-corrected chi connectivity index (χ0v) is 5.93. The van der Waals surface area contributed by atoms with Crippen molar-refractivity contribution >= 4 is 10.0 Å². The van der Waals surface area contributed by atoms with Crippen molar-refractivity contribution in [3.63, 3.8) is 0 Å². The first kappa shape index (κ1) is 7.23. The van der Waals surface area contributed by atoms with E-state index in [1.165, 1.54) is 12.5 Å². The van der Waals surface area contributed by atoms with Gasteiger partial charge in [0.05, 0.1) is 12.0 Å².